The predicted octanol–water partition coefficient (Wildman–Crippen LogP) is 3.45. The van der Waals surface area contributed by atoms with Gasteiger partial charge in [-0.1, -0.05) is 23.2 Å². The molecular formula is C20H20Cl2N4O4S. The van der Waals surface area contributed by atoms with Crippen LogP contribution in [0.4, 0.5) is 5.69 Å². The number of amides is 3. The molecule has 2 rings (SSSR count). The highest BCUT2D eigenvalue weighted by Crippen LogP contribution is 2.20. The minimum atomic E-state index is -0.567. The lowest BCUT2D eigenvalue weighted by Crippen LogP contribution is -2.48. The van der Waals surface area contributed by atoms with Crippen molar-refractivity contribution >= 4 is 63.9 Å². The van der Waals surface area contributed by atoms with E-state index in [1.807, 2.05) is 6.92 Å². The van der Waals surface area contributed by atoms with Crippen LogP contribution in [0.25, 0.3) is 0 Å². The maximum Gasteiger partial charge on any atom is 0.258 e. The molecule has 0 fully saturated rings. The van der Waals surface area contributed by atoms with Crippen LogP contribution in [-0.2, 0) is 9.59 Å². The van der Waals surface area contributed by atoms with Crippen LogP contribution in [0.15, 0.2) is 42.5 Å². The van der Waals surface area contributed by atoms with Gasteiger partial charge in [0.2, 0.25) is 11.8 Å². The molecule has 0 saturated heterocycles. The Labute approximate surface area is 194 Å². The summed E-state index contributed by atoms with van der Waals surface area (Å²) in [7, 11) is 0. The quantitative estimate of drug-likeness (QED) is 0.355. The van der Waals surface area contributed by atoms with Gasteiger partial charge in [0, 0.05) is 23.6 Å². The van der Waals surface area contributed by atoms with Crippen LogP contribution in [0.1, 0.15) is 30.1 Å². The molecule has 0 aliphatic rings. The normalized spacial score (nSPS) is 10.0. The highest BCUT2D eigenvalue weighted by molar-refractivity contribution is 7.80. The summed E-state index contributed by atoms with van der Waals surface area (Å²) >= 11 is 16.7. The molecule has 4 N–H and O–H groups in total. The molecule has 0 aromatic heterocycles. The van der Waals surface area contributed by atoms with Crippen molar-refractivity contribution in [3.63, 3.8) is 0 Å². The molecule has 0 radical (unpaired) electrons. The van der Waals surface area contributed by atoms with E-state index < -0.39 is 11.8 Å². The maximum atomic E-state index is 12.1. The molecule has 0 heterocycles. The maximum absolute atomic E-state index is 12.1. The number of thiocarbonyl (C=S) groups is 1. The first-order valence-corrected chi connectivity index (χ1v) is 10.3. The summed E-state index contributed by atoms with van der Waals surface area (Å²) in [6, 6.07) is 11.3. The van der Waals surface area contributed by atoms with Crippen molar-refractivity contribution in [3.05, 3.63) is 58.1 Å². The molecule has 164 valence electrons. The molecule has 0 aliphatic carbocycles. The number of rotatable bonds is 7. The molecule has 0 atom stereocenters. The average Bonchev–Trinajstić information content (AvgIpc) is 2.72. The summed E-state index contributed by atoms with van der Waals surface area (Å²) in [5.74, 6) is -0.675. The van der Waals surface area contributed by atoms with E-state index in [2.05, 4.69) is 21.5 Å². The van der Waals surface area contributed by atoms with E-state index in [9.17, 15) is 14.4 Å². The number of carbonyl (C=O) groups excluding carboxylic acids is 3. The smallest absolute Gasteiger partial charge is 0.258 e. The summed E-state index contributed by atoms with van der Waals surface area (Å²) in [6.07, 6.45) is -0.129. The topological polar surface area (TPSA) is 109 Å². The van der Waals surface area contributed by atoms with Crippen molar-refractivity contribution in [1.29, 1.82) is 0 Å². The van der Waals surface area contributed by atoms with E-state index in [0.717, 1.165) is 0 Å². The van der Waals surface area contributed by atoms with Gasteiger partial charge in [-0.25, -0.2) is 0 Å². The number of hydrogen-bond donors (Lipinski definition) is 4. The van der Waals surface area contributed by atoms with Crippen molar-refractivity contribution < 1.29 is 19.1 Å². The van der Waals surface area contributed by atoms with E-state index >= 15 is 0 Å². The van der Waals surface area contributed by atoms with Gasteiger partial charge in [0.15, 0.2) is 5.11 Å². The van der Waals surface area contributed by atoms with Gasteiger partial charge in [-0.3, -0.25) is 30.6 Å². The standard InChI is InChI=1S/C20H20Cl2N4O4S/c1-2-30-14-6-4-13(5-7-14)23-17(27)9-10-18(28)25-26-20(31)24-19(29)15-8-3-12(21)11-16(15)22/h3-8,11H,2,9-10H2,1H3,(H,23,27)(H,25,28)(H2,24,26,29,31). The largest absolute Gasteiger partial charge is 0.494 e. The lowest BCUT2D eigenvalue weighted by atomic mass is 10.2. The van der Waals surface area contributed by atoms with Crippen LogP contribution < -0.4 is 26.2 Å². The Kier molecular flexibility index (Phi) is 9.51. The van der Waals surface area contributed by atoms with E-state index in [4.69, 9.17) is 40.2 Å². The van der Waals surface area contributed by atoms with Gasteiger partial charge in [-0.05, 0) is 61.6 Å². The first kappa shape index (κ1) is 24.4. The lowest BCUT2D eigenvalue weighted by Gasteiger charge is -2.11. The van der Waals surface area contributed by atoms with Crippen molar-refractivity contribution in [1.82, 2.24) is 16.2 Å². The molecule has 0 spiro atoms. The number of ether oxygens (including phenoxy) is 1. The second-order valence-corrected chi connectivity index (χ2v) is 7.34. The van der Waals surface area contributed by atoms with E-state index in [1.54, 1.807) is 24.3 Å². The monoisotopic (exact) mass is 482 g/mol. The summed E-state index contributed by atoms with van der Waals surface area (Å²) in [4.78, 5) is 36.0. The summed E-state index contributed by atoms with van der Waals surface area (Å²) < 4.78 is 5.33. The number of hydrogen-bond acceptors (Lipinski definition) is 5. The summed E-state index contributed by atoms with van der Waals surface area (Å²) in [6.45, 7) is 2.43. The zero-order chi connectivity index (χ0) is 22.8. The lowest BCUT2D eigenvalue weighted by molar-refractivity contribution is -0.124. The van der Waals surface area contributed by atoms with Crippen LogP contribution in [0.5, 0.6) is 5.75 Å². The van der Waals surface area contributed by atoms with Crippen molar-refractivity contribution in [2.24, 2.45) is 0 Å². The van der Waals surface area contributed by atoms with Crippen LogP contribution >= 0.6 is 35.4 Å². The predicted molar refractivity (Wildman–Crippen MR) is 123 cm³/mol. The number of hydrazine groups is 1. The SMILES string of the molecule is CCOc1ccc(NC(=O)CCC(=O)NNC(=S)NC(=O)c2ccc(Cl)cc2Cl)cc1. The van der Waals surface area contributed by atoms with Gasteiger partial charge in [-0.15, -0.1) is 0 Å². The molecule has 3 amide bonds. The summed E-state index contributed by atoms with van der Waals surface area (Å²) in [5, 5.41) is 5.47. The fourth-order valence-corrected chi connectivity index (χ4v) is 2.95. The van der Waals surface area contributed by atoms with E-state index in [1.165, 1.54) is 18.2 Å². The average molecular weight is 483 g/mol. The highest BCUT2D eigenvalue weighted by Gasteiger charge is 2.13. The Balaban J connectivity index is 1.70. The Bertz CT molecular complexity index is 970. The van der Waals surface area contributed by atoms with E-state index in [0.29, 0.717) is 23.1 Å². The molecule has 8 nitrogen and oxygen atoms in total. The van der Waals surface area contributed by atoms with Crippen molar-refractivity contribution in [2.45, 2.75) is 19.8 Å². The van der Waals surface area contributed by atoms with Crippen molar-refractivity contribution in [3.8, 4) is 5.75 Å². The number of carbonyl (C=O) groups is 3. The Hall–Kier alpha value is -2.88. The molecule has 2 aromatic carbocycles. The zero-order valence-electron chi connectivity index (χ0n) is 16.5. The number of nitrogens with one attached hydrogen (secondary N) is 4. The first-order chi connectivity index (χ1) is 14.8. The first-order valence-electron chi connectivity index (χ1n) is 9.16. The number of benzene rings is 2. The Morgan fingerprint density at radius 3 is 2.29 bits per heavy atom. The second-order valence-electron chi connectivity index (χ2n) is 6.09. The van der Waals surface area contributed by atoms with Gasteiger partial charge in [0.05, 0.1) is 17.2 Å². The summed E-state index contributed by atoms with van der Waals surface area (Å²) in [5.41, 5.74) is 5.47. The molecule has 11 heteroatoms. The minimum absolute atomic E-state index is 0.0414. The highest BCUT2D eigenvalue weighted by atomic mass is 35.5. The van der Waals surface area contributed by atoms with Crippen LogP contribution in [0.2, 0.25) is 10.0 Å². The van der Waals surface area contributed by atoms with Gasteiger partial charge in [0.1, 0.15) is 5.75 Å². The molecule has 2 aromatic rings. The van der Waals surface area contributed by atoms with Gasteiger partial charge in [-0.2, -0.15) is 0 Å². The Morgan fingerprint density at radius 1 is 0.968 bits per heavy atom. The minimum Gasteiger partial charge on any atom is -0.494 e. The number of halogens is 2. The Morgan fingerprint density at radius 2 is 1.65 bits per heavy atom. The third-order valence-electron chi connectivity index (χ3n) is 3.75. The van der Waals surface area contributed by atoms with Gasteiger partial charge < -0.3 is 10.1 Å². The fourth-order valence-electron chi connectivity index (χ4n) is 2.32. The fraction of sp³-hybridized carbons (Fsp3) is 0.200. The van der Waals surface area contributed by atoms with Gasteiger partial charge >= 0.3 is 0 Å². The molecule has 31 heavy (non-hydrogen) atoms. The number of anilines is 1. The van der Waals surface area contributed by atoms with Crippen LogP contribution in [0, 0.1) is 0 Å². The third-order valence-corrected chi connectivity index (χ3v) is 4.50. The zero-order valence-corrected chi connectivity index (χ0v) is 18.8. The van der Waals surface area contributed by atoms with Crippen LogP contribution in [0.3, 0.4) is 0 Å². The van der Waals surface area contributed by atoms with Gasteiger partial charge in [0.25, 0.3) is 5.91 Å². The molecule has 0 bridgehead atoms. The van der Waals surface area contributed by atoms with E-state index in [-0.39, 0.29) is 34.4 Å². The van der Waals surface area contributed by atoms with Crippen LogP contribution in [-0.4, -0.2) is 29.4 Å². The molecule has 0 unspecified atom stereocenters. The molecule has 0 aliphatic heterocycles. The molecular weight excluding hydrogens is 463 g/mol. The second kappa shape index (κ2) is 12.1. The molecule has 0 saturated carbocycles. The third kappa shape index (κ3) is 8.41. The van der Waals surface area contributed by atoms with Crippen molar-refractivity contribution in [2.75, 3.05) is 11.9 Å².